The van der Waals surface area contributed by atoms with Gasteiger partial charge < -0.3 is 0 Å². The van der Waals surface area contributed by atoms with E-state index in [1.165, 1.54) is 17.4 Å². The largest absolute Gasteiger partial charge is 0.269 e. The number of hydrogen-bond donors (Lipinski definition) is 0. The number of rotatable bonds is 2. The van der Waals surface area contributed by atoms with Crippen molar-refractivity contribution in [1.29, 1.82) is 0 Å². The summed E-state index contributed by atoms with van der Waals surface area (Å²) >= 11 is 1.49. The summed E-state index contributed by atoms with van der Waals surface area (Å²) in [6.07, 6.45) is 2.64. The van der Waals surface area contributed by atoms with Crippen LogP contribution in [0.5, 0.6) is 0 Å². The summed E-state index contributed by atoms with van der Waals surface area (Å²) in [5.41, 5.74) is 0.991. The summed E-state index contributed by atoms with van der Waals surface area (Å²) in [5, 5.41) is 2.72. The predicted molar refractivity (Wildman–Crippen MR) is 57.1 cm³/mol. The number of aryl methyl sites for hydroxylation is 1. The third kappa shape index (κ3) is 1.61. The van der Waals surface area contributed by atoms with E-state index >= 15 is 0 Å². The molecule has 0 aliphatic rings. The fraction of sp³-hybridized carbons (Fsp3) is 0.200. The zero-order valence-corrected chi connectivity index (χ0v) is 8.62. The number of hydrogen-bond acceptors (Lipinski definition) is 3. The van der Waals surface area contributed by atoms with Crippen LogP contribution >= 0.6 is 11.3 Å². The van der Waals surface area contributed by atoms with Crippen LogP contribution in [-0.4, -0.2) is 9.55 Å². The van der Waals surface area contributed by atoms with Crippen molar-refractivity contribution in [2.75, 3.05) is 0 Å². The molecular weight excluding hydrogens is 196 g/mol. The molecule has 2 aromatic heterocycles. The minimum atomic E-state index is -0.0375. The van der Waals surface area contributed by atoms with E-state index < -0.39 is 0 Å². The van der Waals surface area contributed by atoms with Crippen molar-refractivity contribution in [2.45, 2.75) is 13.3 Å². The van der Waals surface area contributed by atoms with Crippen molar-refractivity contribution >= 4 is 11.3 Å². The maximum Gasteiger partial charge on any atom is 0.256 e. The maximum atomic E-state index is 11.4. The molecule has 2 rings (SSSR count). The van der Waals surface area contributed by atoms with Crippen LogP contribution in [0.15, 0.2) is 34.6 Å². The van der Waals surface area contributed by atoms with E-state index in [0.717, 1.165) is 17.2 Å². The smallest absolute Gasteiger partial charge is 0.256 e. The van der Waals surface area contributed by atoms with Crippen LogP contribution in [0.1, 0.15) is 12.6 Å². The second-order valence-corrected chi connectivity index (χ2v) is 3.72. The molecule has 0 unspecified atom stereocenters. The lowest BCUT2D eigenvalue weighted by Crippen LogP contribution is -2.15. The zero-order chi connectivity index (χ0) is 9.97. The molecule has 0 fully saturated rings. The first-order valence-electron chi connectivity index (χ1n) is 4.43. The molecule has 4 heteroatoms. The van der Waals surface area contributed by atoms with Crippen LogP contribution in [0.2, 0.25) is 0 Å². The third-order valence-corrected chi connectivity index (χ3v) is 2.82. The maximum absolute atomic E-state index is 11.4. The molecule has 0 aliphatic carbocycles. The summed E-state index contributed by atoms with van der Waals surface area (Å²) in [6, 6.07) is 5.09. The van der Waals surface area contributed by atoms with Gasteiger partial charge in [0.05, 0.1) is 5.69 Å². The standard InChI is InChI=1S/C10H10N2OS/c1-2-8-7-14-10(11-8)12-6-4-3-5-9(12)13/h3-7H,2H2,1H3. The Morgan fingerprint density at radius 1 is 1.50 bits per heavy atom. The quantitative estimate of drug-likeness (QED) is 0.751. The highest BCUT2D eigenvalue weighted by Crippen LogP contribution is 2.12. The van der Waals surface area contributed by atoms with E-state index in [1.807, 2.05) is 18.4 Å². The molecule has 0 saturated carbocycles. The van der Waals surface area contributed by atoms with Crippen molar-refractivity contribution < 1.29 is 0 Å². The van der Waals surface area contributed by atoms with Gasteiger partial charge in [-0.05, 0) is 12.5 Å². The van der Waals surface area contributed by atoms with Crippen LogP contribution in [0, 0.1) is 0 Å². The van der Waals surface area contributed by atoms with Gasteiger partial charge in [0.25, 0.3) is 5.56 Å². The van der Waals surface area contributed by atoms with E-state index in [0.29, 0.717) is 0 Å². The van der Waals surface area contributed by atoms with Gasteiger partial charge in [0.2, 0.25) is 0 Å². The van der Waals surface area contributed by atoms with Crippen LogP contribution in [-0.2, 0) is 6.42 Å². The van der Waals surface area contributed by atoms with Crippen molar-refractivity contribution in [1.82, 2.24) is 9.55 Å². The number of pyridine rings is 1. The summed E-state index contributed by atoms with van der Waals surface area (Å²) in [7, 11) is 0. The Balaban J connectivity index is 2.50. The van der Waals surface area contributed by atoms with Gasteiger partial charge in [0, 0.05) is 17.6 Å². The molecule has 0 aliphatic heterocycles. The first-order chi connectivity index (χ1) is 6.81. The fourth-order valence-corrected chi connectivity index (χ4v) is 2.05. The zero-order valence-electron chi connectivity index (χ0n) is 7.80. The van der Waals surface area contributed by atoms with E-state index in [9.17, 15) is 4.79 Å². The Hall–Kier alpha value is -1.42. The van der Waals surface area contributed by atoms with Gasteiger partial charge in [-0.25, -0.2) is 4.98 Å². The van der Waals surface area contributed by atoms with Gasteiger partial charge >= 0.3 is 0 Å². The number of nitrogens with zero attached hydrogens (tertiary/aromatic N) is 2. The van der Waals surface area contributed by atoms with Gasteiger partial charge in [0.1, 0.15) is 0 Å². The molecule has 0 atom stereocenters. The normalized spacial score (nSPS) is 10.4. The van der Waals surface area contributed by atoms with E-state index in [4.69, 9.17) is 0 Å². The average Bonchev–Trinajstić information content (AvgIpc) is 2.67. The summed E-state index contributed by atoms with van der Waals surface area (Å²) in [5.74, 6) is 0. The van der Waals surface area contributed by atoms with Gasteiger partial charge in [0.15, 0.2) is 5.13 Å². The van der Waals surface area contributed by atoms with Crippen molar-refractivity contribution in [3.05, 3.63) is 45.8 Å². The molecule has 0 saturated heterocycles. The van der Waals surface area contributed by atoms with Crippen molar-refractivity contribution in [3.8, 4) is 5.13 Å². The number of thiazole rings is 1. The second-order valence-electron chi connectivity index (χ2n) is 2.88. The van der Waals surface area contributed by atoms with E-state index in [2.05, 4.69) is 4.98 Å². The van der Waals surface area contributed by atoms with Crippen LogP contribution in [0.25, 0.3) is 5.13 Å². The summed E-state index contributed by atoms with van der Waals surface area (Å²) in [4.78, 5) is 15.8. The molecule has 0 amide bonds. The molecule has 0 N–H and O–H groups in total. The van der Waals surface area contributed by atoms with E-state index in [-0.39, 0.29) is 5.56 Å². The van der Waals surface area contributed by atoms with Gasteiger partial charge in [-0.2, -0.15) is 0 Å². The summed E-state index contributed by atoms with van der Waals surface area (Å²) < 4.78 is 1.56. The highest BCUT2D eigenvalue weighted by atomic mass is 32.1. The number of aromatic nitrogens is 2. The van der Waals surface area contributed by atoms with E-state index in [1.54, 1.807) is 16.8 Å². The first kappa shape index (κ1) is 9.15. The molecule has 14 heavy (non-hydrogen) atoms. The lowest BCUT2D eigenvalue weighted by Gasteiger charge is -1.97. The Labute approximate surface area is 85.7 Å². The first-order valence-corrected chi connectivity index (χ1v) is 5.31. The minimum Gasteiger partial charge on any atom is -0.269 e. The molecule has 0 bridgehead atoms. The minimum absolute atomic E-state index is 0.0375. The van der Waals surface area contributed by atoms with Gasteiger partial charge in [-0.3, -0.25) is 9.36 Å². The molecule has 0 spiro atoms. The Bertz CT molecular complexity index is 487. The third-order valence-electron chi connectivity index (χ3n) is 1.93. The highest BCUT2D eigenvalue weighted by molar-refractivity contribution is 7.12. The fourth-order valence-electron chi connectivity index (χ4n) is 1.15. The Kier molecular flexibility index (Phi) is 2.45. The molecule has 72 valence electrons. The molecule has 2 aromatic rings. The topological polar surface area (TPSA) is 34.9 Å². The lowest BCUT2D eigenvalue weighted by molar-refractivity contribution is 0.945. The van der Waals surface area contributed by atoms with Crippen molar-refractivity contribution in [2.24, 2.45) is 0 Å². The lowest BCUT2D eigenvalue weighted by atomic mass is 10.4. The molecular formula is C10H10N2OS. The van der Waals surface area contributed by atoms with Crippen LogP contribution < -0.4 is 5.56 Å². The summed E-state index contributed by atoms with van der Waals surface area (Å²) in [6.45, 7) is 2.05. The monoisotopic (exact) mass is 206 g/mol. The van der Waals surface area contributed by atoms with Gasteiger partial charge in [-0.1, -0.05) is 13.0 Å². The van der Waals surface area contributed by atoms with Crippen LogP contribution in [0.4, 0.5) is 0 Å². The molecule has 0 aromatic carbocycles. The molecule has 2 heterocycles. The molecule has 3 nitrogen and oxygen atoms in total. The average molecular weight is 206 g/mol. The SMILES string of the molecule is CCc1csc(-n2ccccc2=O)n1. The second kappa shape index (κ2) is 3.75. The van der Waals surface area contributed by atoms with Crippen LogP contribution in [0.3, 0.4) is 0 Å². The highest BCUT2D eigenvalue weighted by Gasteiger charge is 2.02. The Morgan fingerprint density at radius 3 is 3.00 bits per heavy atom. The molecule has 0 radical (unpaired) electrons. The van der Waals surface area contributed by atoms with Crippen molar-refractivity contribution in [3.63, 3.8) is 0 Å². The predicted octanol–water partition coefficient (Wildman–Crippen LogP) is 1.86. The van der Waals surface area contributed by atoms with Gasteiger partial charge in [-0.15, -0.1) is 11.3 Å². The Morgan fingerprint density at radius 2 is 2.36 bits per heavy atom.